The maximum atomic E-state index is 12.9. The number of esters is 1. The van der Waals surface area contributed by atoms with Crippen molar-refractivity contribution >= 4 is 17.9 Å². The smallest absolute Gasteiger partial charge is 0.327 e. The number of nitrogens with zero attached hydrogens (tertiary/aromatic N) is 2. The number of ether oxygens (including phenoxy) is 1. The summed E-state index contributed by atoms with van der Waals surface area (Å²) in [7, 11) is 0. The summed E-state index contributed by atoms with van der Waals surface area (Å²) in [6.45, 7) is 7.70. The first-order valence-electron chi connectivity index (χ1n) is 12.3. The highest BCUT2D eigenvalue weighted by molar-refractivity contribution is 6.04. The Morgan fingerprint density at radius 1 is 0.800 bits per heavy atom. The molecular formula is C24H44N2O4. The molecule has 0 saturated carbocycles. The quantitative estimate of drug-likeness (QED) is 0.161. The van der Waals surface area contributed by atoms with Crippen molar-refractivity contribution in [3.63, 3.8) is 0 Å². The van der Waals surface area contributed by atoms with E-state index < -0.39 is 0 Å². The van der Waals surface area contributed by atoms with E-state index in [-0.39, 0.29) is 23.9 Å². The number of urea groups is 1. The molecule has 30 heavy (non-hydrogen) atoms. The lowest BCUT2D eigenvalue weighted by Gasteiger charge is -2.22. The minimum atomic E-state index is -0.278. The standard InChI is InChI=1S/C24H44N2O4/c1-4-7-9-10-11-14-17-21-23(28)26(19-8-5-2)24(29)25(21)20-16-13-12-15-18-22(27)30-6-3/h21H,4-20H2,1-3H3. The largest absolute Gasteiger partial charge is 0.466 e. The summed E-state index contributed by atoms with van der Waals surface area (Å²) in [5, 5.41) is 0. The molecule has 6 nitrogen and oxygen atoms in total. The van der Waals surface area contributed by atoms with Crippen LogP contribution >= 0.6 is 0 Å². The first kappa shape index (κ1) is 26.4. The highest BCUT2D eigenvalue weighted by atomic mass is 16.5. The Balaban J connectivity index is 2.45. The molecule has 0 aromatic rings. The summed E-state index contributed by atoms with van der Waals surface area (Å²) < 4.78 is 4.95. The minimum absolute atomic E-state index is 0.00400. The van der Waals surface area contributed by atoms with Crippen molar-refractivity contribution in [2.24, 2.45) is 0 Å². The molecule has 0 N–H and O–H groups in total. The van der Waals surface area contributed by atoms with Crippen LogP contribution in [0.2, 0.25) is 0 Å². The lowest BCUT2D eigenvalue weighted by Crippen LogP contribution is -2.36. The average Bonchev–Trinajstić information content (AvgIpc) is 2.95. The van der Waals surface area contributed by atoms with Crippen LogP contribution in [0.4, 0.5) is 4.79 Å². The van der Waals surface area contributed by atoms with Crippen LogP contribution in [0.3, 0.4) is 0 Å². The molecule has 0 spiro atoms. The molecule has 1 aliphatic rings. The summed E-state index contributed by atoms with van der Waals surface area (Å²) in [6.07, 6.45) is 13.8. The molecule has 0 aliphatic carbocycles. The lowest BCUT2D eigenvalue weighted by molar-refractivity contribution is -0.143. The molecule has 1 atom stereocenters. The Morgan fingerprint density at radius 3 is 2.13 bits per heavy atom. The molecule has 0 radical (unpaired) electrons. The highest BCUT2D eigenvalue weighted by Crippen LogP contribution is 2.24. The number of hydrogen-bond donors (Lipinski definition) is 0. The maximum absolute atomic E-state index is 12.9. The van der Waals surface area contributed by atoms with Crippen LogP contribution < -0.4 is 0 Å². The molecule has 174 valence electrons. The van der Waals surface area contributed by atoms with Crippen molar-refractivity contribution in [3.05, 3.63) is 0 Å². The highest BCUT2D eigenvalue weighted by Gasteiger charge is 2.43. The number of imide groups is 1. The fourth-order valence-electron chi connectivity index (χ4n) is 4.00. The van der Waals surface area contributed by atoms with Crippen LogP contribution in [-0.2, 0) is 14.3 Å². The first-order valence-corrected chi connectivity index (χ1v) is 12.3. The van der Waals surface area contributed by atoms with Crippen molar-refractivity contribution in [2.45, 2.75) is 117 Å². The molecule has 1 rings (SSSR count). The number of rotatable bonds is 18. The normalized spacial score (nSPS) is 16.6. The molecule has 1 fully saturated rings. The van der Waals surface area contributed by atoms with Gasteiger partial charge in [-0.15, -0.1) is 0 Å². The van der Waals surface area contributed by atoms with Crippen LogP contribution in [0.1, 0.15) is 111 Å². The second-order valence-corrected chi connectivity index (χ2v) is 8.36. The molecule has 1 aliphatic heterocycles. The van der Waals surface area contributed by atoms with Gasteiger partial charge in [-0.3, -0.25) is 14.5 Å². The van der Waals surface area contributed by atoms with Gasteiger partial charge in [-0.2, -0.15) is 0 Å². The van der Waals surface area contributed by atoms with Gasteiger partial charge >= 0.3 is 12.0 Å². The summed E-state index contributed by atoms with van der Waals surface area (Å²) in [6, 6.07) is -0.379. The number of hydrogen-bond acceptors (Lipinski definition) is 4. The van der Waals surface area contributed by atoms with E-state index in [9.17, 15) is 14.4 Å². The van der Waals surface area contributed by atoms with Gasteiger partial charge in [0.05, 0.1) is 6.61 Å². The van der Waals surface area contributed by atoms with E-state index in [2.05, 4.69) is 13.8 Å². The van der Waals surface area contributed by atoms with Gasteiger partial charge < -0.3 is 9.64 Å². The Labute approximate surface area is 183 Å². The molecule has 6 heteroatoms. The predicted molar refractivity (Wildman–Crippen MR) is 120 cm³/mol. The van der Waals surface area contributed by atoms with Crippen LogP contribution in [0.15, 0.2) is 0 Å². The molecule has 1 saturated heterocycles. The van der Waals surface area contributed by atoms with E-state index in [0.717, 1.165) is 57.8 Å². The van der Waals surface area contributed by atoms with Crippen LogP contribution in [0.5, 0.6) is 0 Å². The van der Waals surface area contributed by atoms with Gasteiger partial charge in [-0.25, -0.2) is 4.79 Å². The van der Waals surface area contributed by atoms with E-state index in [0.29, 0.717) is 26.1 Å². The van der Waals surface area contributed by atoms with Gasteiger partial charge in [0.1, 0.15) is 6.04 Å². The van der Waals surface area contributed by atoms with Gasteiger partial charge in [-0.05, 0) is 32.6 Å². The summed E-state index contributed by atoms with van der Waals surface area (Å²) in [5.74, 6) is -0.132. The maximum Gasteiger partial charge on any atom is 0.327 e. The summed E-state index contributed by atoms with van der Waals surface area (Å²) in [4.78, 5) is 40.4. The zero-order chi connectivity index (χ0) is 22.2. The van der Waals surface area contributed by atoms with E-state index in [1.54, 1.807) is 0 Å². The summed E-state index contributed by atoms with van der Waals surface area (Å²) >= 11 is 0. The number of unbranched alkanes of at least 4 members (excludes halogenated alkanes) is 9. The van der Waals surface area contributed by atoms with Gasteiger partial charge in [0.2, 0.25) is 0 Å². The summed E-state index contributed by atoms with van der Waals surface area (Å²) in [5.41, 5.74) is 0. The average molecular weight is 425 g/mol. The molecule has 3 amide bonds. The van der Waals surface area contributed by atoms with Gasteiger partial charge in [0.15, 0.2) is 0 Å². The Morgan fingerprint density at radius 2 is 1.43 bits per heavy atom. The number of carbonyl (C=O) groups is 3. The van der Waals surface area contributed by atoms with Crippen LogP contribution in [-0.4, -0.2) is 53.4 Å². The monoisotopic (exact) mass is 424 g/mol. The van der Waals surface area contributed by atoms with E-state index in [1.165, 1.54) is 30.6 Å². The van der Waals surface area contributed by atoms with E-state index >= 15 is 0 Å². The third kappa shape index (κ3) is 9.48. The number of amides is 3. The van der Waals surface area contributed by atoms with E-state index in [4.69, 9.17) is 4.74 Å². The molecule has 0 bridgehead atoms. The van der Waals surface area contributed by atoms with Crippen molar-refractivity contribution < 1.29 is 19.1 Å². The fourth-order valence-corrected chi connectivity index (χ4v) is 4.00. The predicted octanol–water partition coefficient (Wildman–Crippen LogP) is 5.68. The zero-order valence-electron chi connectivity index (χ0n) is 19.6. The molecule has 1 heterocycles. The second-order valence-electron chi connectivity index (χ2n) is 8.36. The molecule has 1 unspecified atom stereocenters. The minimum Gasteiger partial charge on any atom is -0.466 e. The van der Waals surface area contributed by atoms with Gasteiger partial charge in [0.25, 0.3) is 5.91 Å². The molecule has 0 aromatic heterocycles. The molecule has 0 aromatic carbocycles. The number of carbonyl (C=O) groups excluding carboxylic acids is 3. The first-order chi connectivity index (χ1) is 14.6. The second kappa shape index (κ2) is 16.1. The Bertz CT molecular complexity index is 509. The third-order valence-electron chi connectivity index (χ3n) is 5.81. The van der Waals surface area contributed by atoms with Gasteiger partial charge in [0, 0.05) is 19.5 Å². The van der Waals surface area contributed by atoms with Crippen LogP contribution in [0.25, 0.3) is 0 Å². The SMILES string of the molecule is CCCCCCCCC1C(=O)N(CCCC)C(=O)N1CCCCCCC(=O)OCC. The fraction of sp³-hybridized carbons (Fsp3) is 0.875. The third-order valence-corrected chi connectivity index (χ3v) is 5.81. The van der Waals surface area contributed by atoms with Crippen molar-refractivity contribution in [1.82, 2.24) is 9.80 Å². The Hall–Kier alpha value is -1.59. The van der Waals surface area contributed by atoms with E-state index in [1.807, 2.05) is 11.8 Å². The van der Waals surface area contributed by atoms with Crippen LogP contribution in [0, 0.1) is 0 Å². The van der Waals surface area contributed by atoms with Crippen molar-refractivity contribution in [2.75, 3.05) is 19.7 Å². The van der Waals surface area contributed by atoms with Crippen molar-refractivity contribution in [3.8, 4) is 0 Å². The topological polar surface area (TPSA) is 66.9 Å². The zero-order valence-corrected chi connectivity index (χ0v) is 19.6. The Kier molecular flexibility index (Phi) is 14.2. The van der Waals surface area contributed by atoms with Crippen molar-refractivity contribution in [1.29, 1.82) is 0 Å². The molecular weight excluding hydrogens is 380 g/mol. The lowest BCUT2D eigenvalue weighted by atomic mass is 10.0. The van der Waals surface area contributed by atoms with Gasteiger partial charge in [-0.1, -0.05) is 71.6 Å².